The molecule has 2 rings (SSSR count). The molecule has 0 saturated heterocycles. The Bertz CT molecular complexity index is 542. The predicted octanol–water partition coefficient (Wildman–Crippen LogP) is 1.61. The molecule has 1 atom stereocenters. The van der Waals surface area contributed by atoms with Gasteiger partial charge in [-0.15, -0.1) is 0 Å². The maximum Gasteiger partial charge on any atom is 0.251 e. The van der Waals surface area contributed by atoms with Crippen LogP contribution in [-0.4, -0.2) is 38.6 Å². The summed E-state index contributed by atoms with van der Waals surface area (Å²) in [7, 11) is 1.60. The number of hydrogen-bond acceptors (Lipinski definition) is 3. The number of fused-ring (bicyclic) bond motifs is 1. The SMILES string of the molecule is COCCNC(=O)c1ccc2c(c1)C[C@@H](C)CN2C(C)=O. The molecule has 0 radical (unpaired) electrons. The van der Waals surface area contributed by atoms with Crippen LogP contribution in [-0.2, 0) is 16.0 Å². The summed E-state index contributed by atoms with van der Waals surface area (Å²) in [4.78, 5) is 25.6. The summed E-state index contributed by atoms with van der Waals surface area (Å²) < 4.78 is 4.91. The van der Waals surface area contributed by atoms with E-state index in [4.69, 9.17) is 4.74 Å². The van der Waals surface area contributed by atoms with Crippen LogP contribution < -0.4 is 10.2 Å². The topological polar surface area (TPSA) is 58.6 Å². The molecule has 1 N–H and O–H groups in total. The molecule has 0 unspecified atom stereocenters. The second kappa shape index (κ2) is 6.72. The molecule has 0 saturated carbocycles. The van der Waals surface area contributed by atoms with Crippen LogP contribution in [0.1, 0.15) is 29.8 Å². The third kappa shape index (κ3) is 3.61. The van der Waals surface area contributed by atoms with Crippen LogP contribution in [0.3, 0.4) is 0 Å². The number of anilines is 1. The van der Waals surface area contributed by atoms with Gasteiger partial charge in [-0.3, -0.25) is 9.59 Å². The Morgan fingerprint density at radius 3 is 2.86 bits per heavy atom. The first-order valence-corrected chi connectivity index (χ1v) is 7.21. The van der Waals surface area contributed by atoms with E-state index < -0.39 is 0 Å². The van der Waals surface area contributed by atoms with E-state index in [-0.39, 0.29) is 11.8 Å². The summed E-state index contributed by atoms with van der Waals surface area (Å²) >= 11 is 0. The Kier molecular flexibility index (Phi) is 4.96. The third-order valence-electron chi connectivity index (χ3n) is 3.67. The highest BCUT2D eigenvalue weighted by molar-refractivity contribution is 5.97. The molecule has 0 aromatic heterocycles. The van der Waals surface area contributed by atoms with Crippen LogP contribution in [0.4, 0.5) is 5.69 Å². The van der Waals surface area contributed by atoms with Gasteiger partial charge in [-0.1, -0.05) is 6.92 Å². The van der Waals surface area contributed by atoms with E-state index in [1.807, 2.05) is 12.1 Å². The van der Waals surface area contributed by atoms with E-state index in [1.165, 1.54) is 0 Å². The van der Waals surface area contributed by atoms with Crippen LogP contribution in [0.15, 0.2) is 18.2 Å². The zero-order valence-corrected chi connectivity index (χ0v) is 12.8. The van der Waals surface area contributed by atoms with Gasteiger partial charge in [-0.2, -0.15) is 0 Å². The highest BCUT2D eigenvalue weighted by Crippen LogP contribution is 2.30. The number of rotatable bonds is 4. The van der Waals surface area contributed by atoms with Gasteiger partial charge in [0.15, 0.2) is 0 Å². The summed E-state index contributed by atoms with van der Waals surface area (Å²) in [6, 6.07) is 5.53. The third-order valence-corrected chi connectivity index (χ3v) is 3.67. The van der Waals surface area contributed by atoms with Crippen molar-refractivity contribution in [2.24, 2.45) is 5.92 Å². The maximum absolute atomic E-state index is 12.1. The van der Waals surface area contributed by atoms with Crippen molar-refractivity contribution in [3.63, 3.8) is 0 Å². The number of amides is 2. The maximum atomic E-state index is 12.1. The van der Waals surface area contributed by atoms with Gasteiger partial charge in [0.1, 0.15) is 0 Å². The standard InChI is InChI=1S/C16H22N2O3/c1-11-8-14-9-13(16(20)17-6-7-21-3)4-5-15(14)18(10-11)12(2)19/h4-5,9,11H,6-8,10H2,1-3H3,(H,17,20)/t11-/m1/s1. The van der Waals surface area contributed by atoms with Crippen LogP contribution in [0.5, 0.6) is 0 Å². The first-order valence-electron chi connectivity index (χ1n) is 7.21. The fourth-order valence-corrected chi connectivity index (χ4v) is 2.67. The van der Waals surface area contributed by atoms with Gasteiger partial charge >= 0.3 is 0 Å². The lowest BCUT2D eigenvalue weighted by Crippen LogP contribution is -2.38. The molecular formula is C16H22N2O3. The summed E-state index contributed by atoms with van der Waals surface area (Å²) in [5.74, 6) is 0.329. The van der Waals surface area contributed by atoms with Gasteiger partial charge in [0.25, 0.3) is 5.91 Å². The number of carbonyl (C=O) groups excluding carboxylic acids is 2. The molecule has 1 aromatic carbocycles. The Balaban J connectivity index is 2.20. The first-order chi connectivity index (χ1) is 10.0. The molecule has 5 nitrogen and oxygen atoms in total. The van der Waals surface area contributed by atoms with Gasteiger partial charge in [-0.05, 0) is 36.1 Å². The van der Waals surface area contributed by atoms with E-state index in [0.29, 0.717) is 24.6 Å². The second-order valence-electron chi connectivity index (χ2n) is 5.53. The van der Waals surface area contributed by atoms with E-state index in [1.54, 1.807) is 25.0 Å². The van der Waals surface area contributed by atoms with E-state index >= 15 is 0 Å². The monoisotopic (exact) mass is 290 g/mol. The van der Waals surface area contributed by atoms with Crippen LogP contribution in [0.25, 0.3) is 0 Å². The summed E-state index contributed by atoms with van der Waals surface area (Å²) in [5, 5.41) is 2.81. The van der Waals surface area contributed by atoms with E-state index in [0.717, 1.165) is 24.2 Å². The number of nitrogens with one attached hydrogen (secondary N) is 1. The molecule has 21 heavy (non-hydrogen) atoms. The van der Waals surface area contributed by atoms with Gasteiger partial charge in [0.2, 0.25) is 5.91 Å². The molecule has 114 valence electrons. The van der Waals surface area contributed by atoms with Gasteiger partial charge in [-0.25, -0.2) is 0 Å². The first kappa shape index (κ1) is 15.5. The number of methoxy groups -OCH3 is 1. The van der Waals surface area contributed by atoms with Crippen molar-refractivity contribution >= 4 is 17.5 Å². The largest absolute Gasteiger partial charge is 0.383 e. The zero-order chi connectivity index (χ0) is 15.4. The number of carbonyl (C=O) groups is 2. The smallest absolute Gasteiger partial charge is 0.251 e. The molecule has 1 aliphatic heterocycles. The number of ether oxygens (including phenoxy) is 1. The van der Waals surface area contributed by atoms with E-state index in [9.17, 15) is 9.59 Å². The molecule has 1 aliphatic rings. The van der Waals surface area contributed by atoms with Gasteiger partial charge in [0, 0.05) is 38.4 Å². The Labute approximate surface area is 125 Å². The fraction of sp³-hybridized carbons (Fsp3) is 0.500. The van der Waals surface area contributed by atoms with Crippen LogP contribution >= 0.6 is 0 Å². The molecule has 1 heterocycles. The quantitative estimate of drug-likeness (QED) is 0.857. The summed E-state index contributed by atoms with van der Waals surface area (Å²) in [6.07, 6.45) is 0.887. The summed E-state index contributed by atoms with van der Waals surface area (Å²) in [5.41, 5.74) is 2.61. The fourth-order valence-electron chi connectivity index (χ4n) is 2.67. The average Bonchev–Trinajstić information content (AvgIpc) is 2.45. The average molecular weight is 290 g/mol. The molecule has 5 heteroatoms. The molecular weight excluding hydrogens is 268 g/mol. The number of hydrogen-bond donors (Lipinski definition) is 1. The van der Waals surface area contributed by atoms with Crippen molar-refractivity contribution in [3.8, 4) is 0 Å². The zero-order valence-electron chi connectivity index (χ0n) is 12.8. The van der Waals surface area contributed by atoms with Gasteiger partial charge < -0.3 is 15.0 Å². The second-order valence-corrected chi connectivity index (χ2v) is 5.53. The normalized spacial score (nSPS) is 17.3. The van der Waals surface area contributed by atoms with Crippen molar-refractivity contribution in [2.75, 3.05) is 31.7 Å². The van der Waals surface area contributed by atoms with Crippen molar-refractivity contribution < 1.29 is 14.3 Å². The van der Waals surface area contributed by atoms with Crippen molar-refractivity contribution in [1.29, 1.82) is 0 Å². The lowest BCUT2D eigenvalue weighted by molar-refractivity contribution is -0.116. The van der Waals surface area contributed by atoms with Crippen molar-refractivity contribution in [1.82, 2.24) is 5.32 Å². The minimum atomic E-state index is -0.109. The highest BCUT2D eigenvalue weighted by atomic mass is 16.5. The van der Waals surface area contributed by atoms with Crippen molar-refractivity contribution in [3.05, 3.63) is 29.3 Å². The predicted molar refractivity (Wildman–Crippen MR) is 81.5 cm³/mol. The lowest BCUT2D eigenvalue weighted by atomic mass is 9.92. The minimum absolute atomic E-state index is 0.0418. The van der Waals surface area contributed by atoms with Crippen molar-refractivity contribution in [2.45, 2.75) is 20.3 Å². The van der Waals surface area contributed by atoms with Crippen LogP contribution in [0, 0.1) is 5.92 Å². The molecule has 0 aliphatic carbocycles. The van der Waals surface area contributed by atoms with Crippen LogP contribution in [0.2, 0.25) is 0 Å². The highest BCUT2D eigenvalue weighted by Gasteiger charge is 2.25. The Hall–Kier alpha value is -1.88. The number of nitrogens with zero attached hydrogens (tertiary/aromatic N) is 1. The van der Waals surface area contributed by atoms with Gasteiger partial charge in [0.05, 0.1) is 6.61 Å². The number of benzene rings is 1. The molecule has 0 spiro atoms. The minimum Gasteiger partial charge on any atom is -0.383 e. The molecule has 2 amide bonds. The Morgan fingerprint density at radius 2 is 2.19 bits per heavy atom. The molecule has 0 fully saturated rings. The molecule has 0 bridgehead atoms. The summed E-state index contributed by atoms with van der Waals surface area (Å²) in [6.45, 7) is 5.41. The molecule has 1 aromatic rings. The van der Waals surface area contributed by atoms with E-state index in [2.05, 4.69) is 12.2 Å². The lowest BCUT2D eigenvalue weighted by Gasteiger charge is -2.32. The Morgan fingerprint density at radius 1 is 1.43 bits per heavy atom.